The molecule has 0 heterocycles. The number of rotatable bonds is 0. The summed E-state index contributed by atoms with van der Waals surface area (Å²) in [5, 5.41) is -1.17. The van der Waals surface area contributed by atoms with Gasteiger partial charge in [0, 0.05) is 6.42 Å². The first kappa shape index (κ1) is 5.97. The molecule has 0 N–H and O–H groups in total. The van der Waals surface area contributed by atoms with Gasteiger partial charge in [-0.15, -0.1) is 0 Å². The van der Waals surface area contributed by atoms with E-state index >= 15 is 0 Å². The van der Waals surface area contributed by atoms with Crippen molar-refractivity contribution in [2.75, 3.05) is 0 Å². The second-order valence-electron chi connectivity index (χ2n) is 1.92. The van der Waals surface area contributed by atoms with Gasteiger partial charge in [0.1, 0.15) is 5.41 Å². The Morgan fingerprint density at radius 2 is 2.25 bits per heavy atom. The van der Waals surface area contributed by atoms with Crippen LogP contribution >= 0.6 is 9.24 Å². The lowest BCUT2D eigenvalue weighted by Crippen LogP contribution is -2.08. The predicted molar refractivity (Wildman–Crippen MR) is 36.4 cm³/mol. The third kappa shape index (κ3) is 1.41. The average Bonchev–Trinajstić information content (AvgIpc) is 1.65. The predicted octanol–water partition coefficient (Wildman–Crippen LogP) is 2.04. The molecule has 0 fully saturated rings. The van der Waals surface area contributed by atoms with Crippen LogP contribution < -0.4 is 0 Å². The van der Waals surface area contributed by atoms with E-state index in [4.69, 9.17) is 0 Å². The van der Waals surface area contributed by atoms with Gasteiger partial charge in [0.25, 0.3) is 0 Å². The van der Waals surface area contributed by atoms with Crippen LogP contribution in [0.1, 0.15) is 6.42 Å². The summed E-state index contributed by atoms with van der Waals surface area (Å²) < 4.78 is 12.7. The molecule has 0 aliphatic heterocycles. The molecule has 1 aliphatic carbocycles. The van der Waals surface area contributed by atoms with Crippen LogP contribution in [-0.4, -0.2) is 5.41 Å². The molecule has 8 heavy (non-hydrogen) atoms. The largest absolute Gasteiger partial charge is 0.235 e. The molecule has 44 valence electrons. The van der Waals surface area contributed by atoms with Gasteiger partial charge < -0.3 is 0 Å². The smallest absolute Gasteiger partial charge is 0.145 e. The van der Waals surface area contributed by atoms with Crippen molar-refractivity contribution in [3.63, 3.8) is 0 Å². The van der Waals surface area contributed by atoms with Crippen LogP contribution in [0.15, 0.2) is 24.3 Å². The Morgan fingerprint density at radius 1 is 1.50 bits per heavy atom. The summed E-state index contributed by atoms with van der Waals surface area (Å²) in [6.07, 6.45) is 7.40. The number of hydrogen-bond acceptors (Lipinski definition) is 0. The van der Waals surface area contributed by atoms with Crippen molar-refractivity contribution < 1.29 is 4.39 Å². The average molecular weight is 130 g/mol. The summed E-state index contributed by atoms with van der Waals surface area (Å²) in [6, 6.07) is 0. The first-order valence-electron chi connectivity index (χ1n) is 2.53. The minimum Gasteiger partial charge on any atom is -0.235 e. The second kappa shape index (κ2) is 1.99. The minimum atomic E-state index is -1.17. The molecule has 0 amide bonds. The van der Waals surface area contributed by atoms with Gasteiger partial charge in [0.15, 0.2) is 0 Å². The van der Waals surface area contributed by atoms with Gasteiger partial charge in [-0.3, -0.25) is 0 Å². The lowest BCUT2D eigenvalue weighted by molar-refractivity contribution is 0.356. The van der Waals surface area contributed by atoms with Gasteiger partial charge in [-0.05, 0) is 6.08 Å². The Kier molecular flexibility index (Phi) is 1.48. The van der Waals surface area contributed by atoms with E-state index in [1.54, 1.807) is 6.08 Å². The van der Waals surface area contributed by atoms with E-state index in [2.05, 4.69) is 9.24 Å². The van der Waals surface area contributed by atoms with Gasteiger partial charge in [0.2, 0.25) is 0 Å². The highest BCUT2D eigenvalue weighted by atomic mass is 31.0. The van der Waals surface area contributed by atoms with Crippen LogP contribution in [0.25, 0.3) is 0 Å². The molecule has 0 aromatic rings. The van der Waals surface area contributed by atoms with Crippen LogP contribution in [0, 0.1) is 0 Å². The SMILES string of the molecule is FC1(P)C=CC=CC1. The van der Waals surface area contributed by atoms with Gasteiger partial charge in [-0.2, -0.15) is 0 Å². The van der Waals surface area contributed by atoms with Crippen LogP contribution in [-0.2, 0) is 0 Å². The maximum absolute atomic E-state index is 12.7. The van der Waals surface area contributed by atoms with Gasteiger partial charge >= 0.3 is 0 Å². The van der Waals surface area contributed by atoms with Crippen LogP contribution in [0.2, 0.25) is 0 Å². The van der Waals surface area contributed by atoms with E-state index in [1.807, 2.05) is 12.2 Å². The minimum absolute atomic E-state index is 0.480. The molecule has 0 radical (unpaired) electrons. The van der Waals surface area contributed by atoms with E-state index in [0.29, 0.717) is 6.42 Å². The first-order valence-corrected chi connectivity index (χ1v) is 3.11. The maximum atomic E-state index is 12.7. The fraction of sp³-hybridized carbons (Fsp3) is 0.333. The highest BCUT2D eigenvalue weighted by Crippen LogP contribution is 2.28. The maximum Gasteiger partial charge on any atom is 0.145 e. The summed E-state index contributed by atoms with van der Waals surface area (Å²) in [7, 11) is 2.16. The molecule has 0 saturated carbocycles. The standard InChI is InChI=1S/C6H8FP/c7-6(8)4-2-1-3-5-6/h1-4H,5,8H2. The number of halogens is 1. The third-order valence-corrected chi connectivity index (χ3v) is 1.48. The molecular formula is C6H8FP. The Morgan fingerprint density at radius 3 is 2.50 bits per heavy atom. The summed E-state index contributed by atoms with van der Waals surface area (Å²) >= 11 is 0. The molecule has 2 atom stereocenters. The second-order valence-corrected chi connectivity index (χ2v) is 2.88. The zero-order valence-corrected chi connectivity index (χ0v) is 5.63. The van der Waals surface area contributed by atoms with Crippen LogP contribution in [0.3, 0.4) is 0 Å². The Balaban J connectivity index is 2.65. The zero-order chi connectivity index (χ0) is 6.04. The molecular weight excluding hydrogens is 122 g/mol. The first-order chi connectivity index (χ1) is 3.71. The summed E-state index contributed by atoms with van der Waals surface area (Å²) in [6.45, 7) is 0. The van der Waals surface area contributed by atoms with Crippen molar-refractivity contribution in [3.05, 3.63) is 24.3 Å². The highest BCUT2D eigenvalue weighted by Gasteiger charge is 2.17. The van der Waals surface area contributed by atoms with E-state index in [1.165, 1.54) is 6.08 Å². The molecule has 0 aromatic carbocycles. The monoisotopic (exact) mass is 130 g/mol. The van der Waals surface area contributed by atoms with Crippen LogP contribution in [0.5, 0.6) is 0 Å². The van der Waals surface area contributed by atoms with Gasteiger partial charge in [-0.25, -0.2) is 4.39 Å². The Bertz CT molecular complexity index is 135. The lowest BCUT2D eigenvalue weighted by Gasteiger charge is -2.14. The van der Waals surface area contributed by atoms with E-state index < -0.39 is 5.41 Å². The topological polar surface area (TPSA) is 0 Å². The van der Waals surface area contributed by atoms with E-state index in [0.717, 1.165) is 0 Å². The van der Waals surface area contributed by atoms with Crippen molar-refractivity contribution >= 4 is 9.24 Å². The molecule has 2 unspecified atom stereocenters. The number of allylic oxidation sites excluding steroid dienone is 4. The number of alkyl halides is 1. The van der Waals surface area contributed by atoms with E-state index in [9.17, 15) is 4.39 Å². The molecule has 2 heteroatoms. The van der Waals surface area contributed by atoms with Crippen molar-refractivity contribution in [1.29, 1.82) is 0 Å². The molecule has 1 rings (SSSR count). The summed E-state index contributed by atoms with van der Waals surface area (Å²) in [5.74, 6) is 0. The number of hydrogen-bond donors (Lipinski definition) is 0. The van der Waals surface area contributed by atoms with Gasteiger partial charge in [-0.1, -0.05) is 27.5 Å². The molecule has 0 nitrogen and oxygen atoms in total. The molecule has 0 spiro atoms. The van der Waals surface area contributed by atoms with Gasteiger partial charge in [0.05, 0.1) is 0 Å². The van der Waals surface area contributed by atoms with Crippen molar-refractivity contribution in [2.45, 2.75) is 11.8 Å². The van der Waals surface area contributed by atoms with Crippen molar-refractivity contribution in [3.8, 4) is 0 Å². The Hall–Kier alpha value is -0.160. The van der Waals surface area contributed by atoms with Crippen LogP contribution in [0.4, 0.5) is 4.39 Å². The Labute approximate surface area is 50.7 Å². The molecule has 0 saturated heterocycles. The summed E-state index contributed by atoms with van der Waals surface area (Å²) in [4.78, 5) is 0. The van der Waals surface area contributed by atoms with Crippen molar-refractivity contribution in [1.82, 2.24) is 0 Å². The fourth-order valence-corrected chi connectivity index (χ4v) is 0.858. The molecule has 1 aliphatic rings. The van der Waals surface area contributed by atoms with Crippen molar-refractivity contribution in [2.24, 2.45) is 0 Å². The highest BCUT2D eigenvalue weighted by molar-refractivity contribution is 7.19. The molecule has 0 bridgehead atoms. The zero-order valence-electron chi connectivity index (χ0n) is 4.47. The normalized spacial score (nSPS) is 35.8. The quantitative estimate of drug-likeness (QED) is 0.440. The third-order valence-electron chi connectivity index (χ3n) is 1.05. The fourth-order valence-electron chi connectivity index (χ4n) is 0.611. The lowest BCUT2D eigenvalue weighted by atomic mass is 10.1. The van der Waals surface area contributed by atoms with E-state index in [-0.39, 0.29) is 0 Å². The molecule has 0 aromatic heterocycles. The summed E-state index contributed by atoms with van der Waals surface area (Å²) in [5.41, 5.74) is 0.